The van der Waals surface area contributed by atoms with E-state index in [0.29, 0.717) is 18.8 Å². The van der Waals surface area contributed by atoms with E-state index in [2.05, 4.69) is 4.90 Å². The smallest absolute Gasteiger partial charge is 0.246 e. The van der Waals surface area contributed by atoms with Gasteiger partial charge in [0.05, 0.1) is 14.2 Å². The lowest BCUT2D eigenvalue weighted by atomic mass is 10.0. The number of hydrogen-bond acceptors (Lipinski definition) is 5. The summed E-state index contributed by atoms with van der Waals surface area (Å²) in [6.07, 6.45) is 0. The zero-order valence-corrected chi connectivity index (χ0v) is 16.4. The molecule has 0 N–H and O–H groups in total. The van der Waals surface area contributed by atoms with Crippen molar-refractivity contribution in [2.45, 2.75) is 10.9 Å². The van der Waals surface area contributed by atoms with Crippen LogP contribution in [0.25, 0.3) is 0 Å². The molecule has 6 nitrogen and oxygen atoms in total. The summed E-state index contributed by atoms with van der Waals surface area (Å²) in [6, 6.07) is 10.7. The van der Waals surface area contributed by atoms with Crippen LogP contribution >= 0.6 is 0 Å². The second-order valence-corrected chi connectivity index (χ2v) is 8.33. The molecule has 1 unspecified atom stereocenters. The highest BCUT2D eigenvalue weighted by atomic mass is 32.2. The normalized spacial score (nSPS) is 19.0. The van der Waals surface area contributed by atoms with E-state index in [4.69, 9.17) is 9.47 Å². The molecule has 1 heterocycles. The van der Waals surface area contributed by atoms with Crippen LogP contribution in [-0.2, 0) is 10.0 Å². The summed E-state index contributed by atoms with van der Waals surface area (Å²) in [4.78, 5) is 2.18. The SMILES string of the molecule is COc1ccc(S(=O)(=O)N2CCN(C)C(c3ccc(F)cc3)C2)c(OC)c1. The van der Waals surface area contributed by atoms with Crippen molar-refractivity contribution in [3.63, 3.8) is 0 Å². The van der Waals surface area contributed by atoms with Crippen LogP contribution in [0.15, 0.2) is 47.4 Å². The van der Waals surface area contributed by atoms with Gasteiger partial charge in [-0.3, -0.25) is 4.90 Å². The number of sulfonamides is 1. The number of piperazine rings is 1. The second kappa shape index (κ2) is 7.84. The Morgan fingerprint density at radius 1 is 1.04 bits per heavy atom. The van der Waals surface area contributed by atoms with E-state index in [0.717, 1.165) is 5.56 Å². The lowest BCUT2D eigenvalue weighted by Gasteiger charge is -2.39. The van der Waals surface area contributed by atoms with E-state index in [1.807, 2.05) is 7.05 Å². The minimum atomic E-state index is -3.75. The fourth-order valence-corrected chi connectivity index (χ4v) is 4.81. The van der Waals surface area contributed by atoms with Crippen molar-refractivity contribution >= 4 is 10.0 Å². The molecule has 3 rings (SSSR count). The van der Waals surface area contributed by atoms with E-state index in [9.17, 15) is 12.8 Å². The fraction of sp³-hybridized carbons (Fsp3) is 0.368. The van der Waals surface area contributed by atoms with Crippen LogP contribution in [0.3, 0.4) is 0 Å². The summed E-state index contributed by atoms with van der Waals surface area (Å²) in [5.74, 6) is 0.449. The summed E-state index contributed by atoms with van der Waals surface area (Å²) in [6.45, 7) is 1.21. The van der Waals surface area contributed by atoms with Crippen LogP contribution in [0.4, 0.5) is 4.39 Å². The summed E-state index contributed by atoms with van der Waals surface area (Å²) >= 11 is 0. The van der Waals surface area contributed by atoms with E-state index >= 15 is 0 Å². The average molecular weight is 394 g/mol. The van der Waals surface area contributed by atoms with Crippen molar-refractivity contribution in [3.05, 3.63) is 53.8 Å². The Kier molecular flexibility index (Phi) is 5.69. The first-order valence-electron chi connectivity index (χ1n) is 8.54. The van der Waals surface area contributed by atoms with Gasteiger partial charge >= 0.3 is 0 Å². The van der Waals surface area contributed by atoms with Crippen LogP contribution < -0.4 is 9.47 Å². The second-order valence-electron chi connectivity index (χ2n) is 6.43. The largest absolute Gasteiger partial charge is 0.497 e. The van der Waals surface area contributed by atoms with Crippen LogP contribution in [0.5, 0.6) is 11.5 Å². The van der Waals surface area contributed by atoms with E-state index in [1.165, 1.54) is 36.7 Å². The Morgan fingerprint density at radius 2 is 1.74 bits per heavy atom. The summed E-state index contributed by atoms with van der Waals surface area (Å²) in [5, 5.41) is 0. The van der Waals surface area contributed by atoms with E-state index < -0.39 is 10.0 Å². The molecular weight excluding hydrogens is 371 g/mol. The highest BCUT2D eigenvalue weighted by Gasteiger charge is 2.35. The molecule has 0 aliphatic carbocycles. The van der Waals surface area contributed by atoms with Gasteiger partial charge in [0, 0.05) is 31.7 Å². The Morgan fingerprint density at radius 3 is 2.37 bits per heavy atom. The van der Waals surface area contributed by atoms with Gasteiger partial charge in [-0.1, -0.05) is 12.1 Å². The minimum absolute atomic E-state index is 0.105. The molecule has 2 aromatic carbocycles. The summed E-state index contributed by atoms with van der Waals surface area (Å²) in [5.41, 5.74) is 0.875. The standard InChI is InChI=1S/C19H23FN2O4S/c1-21-10-11-22(13-17(21)14-4-6-15(20)7-5-14)27(23,24)19-9-8-16(25-2)12-18(19)26-3/h4-9,12,17H,10-11,13H2,1-3H3. The van der Waals surface area contributed by atoms with E-state index in [1.54, 1.807) is 24.3 Å². The van der Waals surface area contributed by atoms with Crippen molar-refractivity contribution in [2.75, 3.05) is 40.9 Å². The van der Waals surface area contributed by atoms with Gasteiger partial charge < -0.3 is 9.47 Å². The molecule has 1 aliphatic heterocycles. The monoisotopic (exact) mass is 394 g/mol. The number of halogens is 1. The van der Waals surface area contributed by atoms with E-state index in [-0.39, 0.29) is 29.0 Å². The molecule has 1 atom stereocenters. The summed E-state index contributed by atoms with van der Waals surface area (Å²) in [7, 11) is 1.13. The van der Waals surface area contributed by atoms with Crippen molar-refractivity contribution in [1.29, 1.82) is 0 Å². The van der Waals surface area contributed by atoms with Gasteiger partial charge in [0.1, 0.15) is 22.2 Å². The third-order valence-electron chi connectivity index (χ3n) is 4.85. The highest BCUT2D eigenvalue weighted by molar-refractivity contribution is 7.89. The molecule has 0 bridgehead atoms. The Bertz CT molecular complexity index is 902. The number of hydrogen-bond donors (Lipinski definition) is 0. The molecule has 1 saturated heterocycles. The topological polar surface area (TPSA) is 59.1 Å². The number of likely N-dealkylation sites (N-methyl/N-ethyl adjacent to an activating group) is 1. The average Bonchev–Trinajstić information content (AvgIpc) is 2.68. The van der Waals surface area contributed by atoms with Crippen molar-refractivity contribution in [2.24, 2.45) is 0 Å². The van der Waals surface area contributed by atoms with Gasteiger partial charge in [-0.25, -0.2) is 12.8 Å². The number of rotatable bonds is 5. The van der Waals surface area contributed by atoms with Gasteiger partial charge in [-0.15, -0.1) is 0 Å². The molecule has 1 fully saturated rings. The molecule has 0 saturated carbocycles. The van der Waals surface area contributed by atoms with Gasteiger partial charge in [0.25, 0.3) is 0 Å². The molecule has 0 spiro atoms. The molecule has 2 aromatic rings. The maximum absolute atomic E-state index is 13.2. The lowest BCUT2D eigenvalue weighted by Crippen LogP contribution is -2.48. The number of ether oxygens (including phenoxy) is 2. The molecule has 8 heteroatoms. The highest BCUT2D eigenvalue weighted by Crippen LogP contribution is 2.33. The van der Waals surface area contributed by atoms with Crippen LogP contribution in [0.1, 0.15) is 11.6 Å². The maximum Gasteiger partial charge on any atom is 0.246 e. The van der Waals surface area contributed by atoms with Crippen LogP contribution in [-0.4, -0.2) is 58.5 Å². The number of benzene rings is 2. The third kappa shape index (κ3) is 3.92. The molecular formula is C19H23FN2O4S. The maximum atomic E-state index is 13.2. The third-order valence-corrected chi connectivity index (χ3v) is 6.76. The van der Waals surface area contributed by atoms with Gasteiger partial charge in [-0.2, -0.15) is 4.31 Å². The van der Waals surface area contributed by atoms with Gasteiger partial charge in [-0.05, 0) is 36.9 Å². The molecule has 0 amide bonds. The minimum Gasteiger partial charge on any atom is -0.497 e. The van der Waals surface area contributed by atoms with Crippen molar-refractivity contribution in [3.8, 4) is 11.5 Å². The fourth-order valence-electron chi connectivity index (χ4n) is 3.24. The number of nitrogens with zero attached hydrogens (tertiary/aromatic N) is 2. The van der Waals surface area contributed by atoms with Crippen molar-refractivity contribution < 1.29 is 22.3 Å². The predicted octanol–water partition coefficient (Wildman–Crippen LogP) is 2.52. The van der Waals surface area contributed by atoms with Crippen LogP contribution in [0, 0.1) is 5.82 Å². The van der Waals surface area contributed by atoms with Gasteiger partial charge in [0.15, 0.2) is 0 Å². The first-order chi connectivity index (χ1) is 12.9. The van der Waals surface area contributed by atoms with Crippen molar-refractivity contribution in [1.82, 2.24) is 9.21 Å². The molecule has 0 aromatic heterocycles. The quantitative estimate of drug-likeness (QED) is 0.780. The molecule has 0 radical (unpaired) electrons. The lowest BCUT2D eigenvalue weighted by molar-refractivity contribution is 0.148. The van der Waals surface area contributed by atoms with Gasteiger partial charge in [0.2, 0.25) is 10.0 Å². The zero-order chi connectivity index (χ0) is 19.6. The molecule has 1 aliphatic rings. The Labute approximate surface area is 159 Å². The number of methoxy groups -OCH3 is 2. The first-order valence-corrected chi connectivity index (χ1v) is 9.98. The summed E-state index contributed by atoms with van der Waals surface area (Å²) < 4.78 is 51.6. The zero-order valence-electron chi connectivity index (χ0n) is 15.6. The first kappa shape index (κ1) is 19.6. The Balaban J connectivity index is 1.92. The Hall–Kier alpha value is -2.16. The molecule has 27 heavy (non-hydrogen) atoms. The predicted molar refractivity (Wildman–Crippen MR) is 100 cm³/mol. The van der Waals surface area contributed by atoms with Crippen LogP contribution in [0.2, 0.25) is 0 Å². The molecule has 146 valence electrons.